The Labute approximate surface area is 170 Å². The smallest absolute Gasteiger partial charge is 0.243 e. The number of ketones is 1. The number of halogens is 1. The van der Waals surface area contributed by atoms with E-state index in [0.29, 0.717) is 42.0 Å². The van der Waals surface area contributed by atoms with Crippen LogP contribution in [-0.2, 0) is 10.0 Å². The number of rotatable bonds is 6. The Kier molecular flexibility index (Phi) is 6.24. The van der Waals surface area contributed by atoms with Crippen molar-refractivity contribution in [3.63, 3.8) is 0 Å². The molecule has 0 spiro atoms. The number of aryl methyl sites for hydroxylation is 1. The van der Waals surface area contributed by atoms with Crippen LogP contribution >= 0.6 is 0 Å². The molecule has 6 nitrogen and oxygen atoms in total. The predicted octanol–water partition coefficient (Wildman–Crippen LogP) is 3.43. The van der Waals surface area contributed by atoms with Crippen LogP contribution in [0.2, 0.25) is 0 Å². The molecule has 0 bridgehead atoms. The number of carbonyl (C=O) groups is 1. The second kappa shape index (κ2) is 8.51. The van der Waals surface area contributed by atoms with E-state index < -0.39 is 21.8 Å². The number of nitrogens with zero attached hydrogens (tertiary/aromatic N) is 1. The van der Waals surface area contributed by atoms with E-state index >= 15 is 0 Å². The Hall–Kier alpha value is -2.45. The number of hydrogen-bond donors (Lipinski definition) is 0. The van der Waals surface area contributed by atoms with E-state index in [4.69, 9.17) is 9.47 Å². The Morgan fingerprint density at radius 1 is 1.10 bits per heavy atom. The van der Waals surface area contributed by atoms with Crippen molar-refractivity contribution in [3.05, 3.63) is 53.3 Å². The highest BCUT2D eigenvalue weighted by atomic mass is 32.2. The fourth-order valence-corrected chi connectivity index (χ4v) is 5.35. The second-order valence-electron chi connectivity index (χ2n) is 7.05. The average Bonchev–Trinajstić information content (AvgIpc) is 2.74. The molecule has 8 heteroatoms. The summed E-state index contributed by atoms with van der Waals surface area (Å²) in [5.74, 6) is -0.288. The van der Waals surface area contributed by atoms with E-state index in [1.807, 2.05) is 0 Å². The molecular formula is C21H24FNO5S. The molecule has 1 heterocycles. The highest BCUT2D eigenvalue weighted by molar-refractivity contribution is 7.89. The van der Waals surface area contributed by atoms with Crippen LogP contribution in [0.15, 0.2) is 41.3 Å². The molecule has 2 aromatic rings. The molecule has 3 rings (SSSR count). The molecule has 0 saturated carbocycles. The van der Waals surface area contributed by atoms with E-state index in [1.54, 1.807) is 25.1 Å². The zero-order valence-corrected chi connectivity index (χ0v) is 17.5. The lowest BCUT2D eigenvalue weighted by molar-refractivity contribution is 0.0872. The Morgan fingerprint density at radius 3 is 2.52 bits per heavy atom. The highest BCUT2D eigenvalue weighted by Gasteiger charge is 2.34. The normalized spacial score (nSPS) is 17.7. The number of piperidine rings is 1. The van der Waals surface area contributed by atoms with Gasteiger partial charge in [0.1, 0.15) is 5.82 Å². The first kappa shape index (κ1) is 21.3. The Bertz CT molecular complexity index is 1020. The number of benzene rings is 2. The van der Waals surface area contributed by atoms with Gasteiger partial charge in [-0.1, -0.05) is 6.07 Å². The highest BCUT2D eigenvalue weighted by Crippen LogP contribution is 2.31. The van der Waals surface area contributed by atoms with Gasteiger partial charge in [0.25, 0.3) is 0 Å². The summed E-state index contributed by atoms with van der Waals surface area (Å²) in [5.41, 5.74) is 0.911. The molecule has 0 aliphatic carbocycles. The summed E-state index contributed by atoms with van der Waals surface area (Å²) in [4.78, 5) is 13.0. The van der Waals surface area contributed by atoms with Crippen molar-refractivity contribution in [3.8, 4) is 11.5 Å². The fraction of sp³-hybridized carbons (Fsp3) is 0.381. The van der Waals surface area contributed by atoms with Gasteiger partial charge in [0.05, 0.1) is 19.1 Å². The maximum atomic E-state index is 13.6. The topological polar surface area (TPSA) is 72.9 Å². The summed E-state index contributed by atoms with van der Waals surface area (Å²) in [6.45, 7) is 1.99. The SMILES string of the molecule is COc1ccc(C(=O)[C@@H]2CCCN(S(=O)(=O)c3cc(F)ccc3C)C2)cc1OC. The van der Waals surface area contributed by atoms with Crippen molar-refractivity contribution in [2.75, 3.05) is 27.3 Å². The van der Waals surface area contributed by atoms with Crippen LogP contribution in [0.5, 0.6) is 11.5 Å². The van der Waals surface area contributed by atoms with Crippen LogP contribution in [-0.4, -0.2) is 45.8 Å². The number of ether oxygens (including phenoxy) is 2. The van der Waals surface area contributed by atoms with Crippen LogP contribution in [0.25, 0.3) is 0 Å². The van der Waals surface area contributed by atoms with Gasteiger partial charge in [0, 0.05) is 24.6 Å². The third-order valence-corrected chi connectivity index (χ3v) is 7.20. The van der Waals surface area contributed by atoms with Gasteiger partial charge in [-0.25, -0.2) is 12.8 Å². The summed E-state index contributed by atoms with van der Waals surface area (Å²) in [5, 5.41) is 0. The van der Waals surface area contributed by atoms with Gasteiger partial charge in [-0.3, -0.25) is 4.79 Å². The van der Waals surface area contributed by atoms with E-state index in [1.165, 1.54) is 30.7 Å². The lowest BCUT2D eigenvalue weighted by Crippen LogP contribution is -2.42. The molecule has 0 aromatic heterocycles. The van der Waals surface area contributed by atoms with Crippen molar-refractivity contribution >= 4 is 15.8 Å². The zero-order valence-electron chi connectivity index (χ0n) is 16.6. The van der Waals surface area contributed by atoms with Crippen LogP contribution in [0.3, 0.4) is 0 Å². The fourth-order valence-electron chi connectivity index (χ4n) is 3.59. The summed E-state index contributed by atoms with van der Waals surface area (Å²) >= 11 is 0. The second-order valence-corrected chi connectivity index (χ2v) is 8.95. The van der Waals surface area contributed by atoms with Crippen molar-refractivity contribution in [1.29, 1.82) is 0 Å². The molecule has 1 atom stereocenters. The third kappa shape index (κ3) is 4.28. The van der Waals surface area contributed by atoms with Crippen molar-refractivity contribution in [2.45, 2.75) is 24.7 Å². The number of methoxy groups -OCH3 is 2. The van der Waals surface area contributed by atoms with E-state index in [0.717, 1.165) is 6.07 Å². The molecule has 1 fully saturated rings. The third-order valence-electron chi connectivity index (χ3n) is 5.19. The summed E-state index contributed by atoms with van der Waals surface area (Å²) in [6, 6.07) is 8.61. The van der Waals surface area contributed by atoms with E-state index in [-0.39, 0.29) is 17.2 Å². The van der Waals surface area contributed by atoms with Crippen LogP contribution in [0.4, 0.5) is 4.39 Å². The monoisotopic (exact) mass is 421 g/mol. The van der Waals surface area contributed by atoms with Crippen LogP contribution in [0, 0.1) is 18.7 Å². The summed E-state index contributed by atoms with van der Waals surface area (Å²) < 4.78 is 51.5. The predicted molar refractivity (Wildman–Crippen MR) is 106 cm³/mol. The molecule has 156 valence electrons. The molecule has 0 N–H and O–H groups in total. The average molecular weight is 421 g/mol. The van der Waals surface area contributed by atoms with E-state index in [9.17, 15) is 17.6 Å². The van der Waals surface area contributed by atoms with Crippen molar-refractivity contribution < 1.29 is 27.1 Å². The minimum atomic E-state index is -3.89. The van der Waals surface area contributed by atoms with Gasteiger partial charge < -0.3 is 9.47 Å². The van der Waals surface area contributed by atoms with Gasteiger partial charge in [0.2, 0.25) is 10.0 Å². The van der Waals surface area contributed by atoms with Gasteiger partial charge >= 0.3 is 0 Å². The molecule has 2 aromatic carbocycles. The van der Waals surface area contributed by atoms with Crippen LogP contribution < -0.4 is 9.47 Å². The largest absolute Gasteiger partial charge is 0.493 e. The number of Topliss-reactive ketones (excluding diaryl/α,β-unsaturated/α-hetero) is 1. The zero-order chi connectivity index (χ0) is 21.2. The quantitative estimate of drug-likeness (QED) is 0.668. The lowest BCUT2D eigenvalue weighted by atomic mass is 9.91. The lowest BCUT2D eigenvalue weighted by Gasteiger charge is -2.31. The first-order valence-electron chi connectivity index (χ1n) is 9.30. The maximum absolute atomic E-state index is 13.6. The Morgan fingerprint density at radius 2 is 1.83 bits per heavy atom. The molecule has 1 saturated heterocycles. The molecule has 0 amide bonds. The molecule has 0 radical (unpaired) electrons. The van der Waals surface area contributed by atoms with Gasteiger partial charge in [-0.2, -0.15) is 4.31 Å². The number of carbonyl (C=O) groups excluding carboxylic acids is 1. The van der Waals surface area contributed by atoms with Crippen molar-refractivity contribution in [2.24, 2.45) is 5.92 Å². The standard InChI is InChI=1S/C21H24FNO5S/c1-14-6-8-17(22)12-20(14)29(25,26)23-10-4-5-16(13-23)21(24)15-7-9-18(27-2)19(11-15)28-3/h6-9,11-12,16H,4-5,10,13H2,1-3H3/t16-/m1/s1. The molecule has 0 unspecified atom stereocenters. The van der Waals surface area contributed by atoms with Crippen molar-refractivity contribution in [1.82, 2.24) is 4.31 Å². The maximum Gasteiger partial charge on any atom is 0.243 e. The van der Waals surface area contributed by atoms with Gasteiger partial charge in [0.15, 0.2) is 17.3 Å². The Balaban J connectivity index is 1.85. The minimum Gasteiger partial charge on any atom is -0.493 e. The first-order chi connectivity index (χ1) is 13.8. The molecule has 1 aliphatic rings. The van der Waals surface area contributed by atoms with Gasteiger partial charge in [-0.15, -0.1) is 0 Å². The first-order valence-corrected chi connectivity index (χ1v) is 10.7. The summed E-state index contributed by atoms with van der Waals surface area (Å²) in [6.07, 6.45) is 1.14. The van der Waals surface area contributed by atoms with Crippen LogP contribution in [0.1, 0.15) is 28.8 Å². The molecule has 29 heavy (non-hydrogen) atoms. The summed E-state index contributed by atoms with van der Waals surface area (Å²) in [7, 11) is -0.891. The minimum absolute atomic E-state index is 0.0586. The van der Waals surface area contributed by atoms with Gasteiger partial charge in [-0.05, 0) is 55.7 Å². The number of hydrogen-bond acceptors (Lipinski definition) is 5. The van der Waals surface area contributed by atoms with E-state index in [2.05, 4.69) is 0 Å². The molecular weight excluding hydrogens is 397 g/mol. The number of sulfonamides is 1. The molecule has 1 aliphatic heterocycles.